The van der Waals surface area contributed by atoms with Crippen LogP contribution >= 0.6 is 0 Å². The monoisotopic (exact) mass is 408 g/mol. The summed E-state index contributed by atoms with van der Waals surface area (Å²) in [5.41, 5.74) is 0.0173. The molecule has 0 saturated carbocycles. The lowest BCUT2D eigenvalue weighted by Crippen LogP contribution is -2.46. The maximum absolute atomic E-state index is 12.7. The minimum atomic E-state index is -1.01. The predicted octanol–water partition coefficient (Wildman–Crippen LogP) is 1.54. The van der Waals surface area contributed by atoms with E-state index in [9.17, 15) is 19.2 Å². The summed E-state index contributed by atoms with van der Waals surface area (Å²) in [6.07, 6.45) is 0.492. The number of anilines is 1. The molecule has 2 amide bonds. The van der Waals surface area contributed by atoms with Crippen molar-refractivity contribution < 1.29 is 14.3 Å². The van der Waals surface area contributed by atoms with Crippen molar-refractivity contribution in [2.45, 2.75) is 19.1 Å². The van der Waals surface area contributed by atoms with Gasteiger partial charge in [0.05, 0.1) is 0 Å². The second kappa shape index (κ2) is 9.87. The van der Waals surface area contributed by atoms with E-state index in [1.54, 1.807) is 0 Å². The molecule has 1 atom stereocenters. The zero-order valence-electron chi connectivity index (χ0n) is 15.9. The fraction of sp³-hybridized carbons (Fsp3) is 0.143. The Balaban J connectivity index is 1.70. The highest BCUT2D eigenvalue weighted by Crippen LogP contribution is 2.07. The molecule has 2 aromatic carbocycles. The van der Waals surface area contributed by atoms with Crippen molar-refractivity contribution in [2.75, 3.05) is 5.32 Å². The molecule has 0 saturated heterocycles. The standard InChI is InChI=1S/C21H20N4O5/c26-18(23-17-12-22-20(28)25-19(17)27)16(11-14-7-3-1-4-8-14)24-21(29)30-13-15-9-5-2-6-10-15/h1-10,12,16H,11,13H2,(H,23,26)(H,24,29)(H2,22,25,27,28). The second-order valence-electron chi connectivity index (χ2n) is 6.42. The van der Waals surface area contributed by atoms with Gasteiger partial charge in [0.1, 0.15) is 18.3 Å². The predicted molar refractivity (Wildman–Crippen MR) is 110 cm³/mol. The van der Waals surface area contributed by atoms with Crippen LogP contribution in [-0.4, -0.2) is 28.0 Å². The van der Waals surface area contributed by atoms with Crippen LogP contribution in [0.2, 0.25) is 0 Å². The quantitative estimate of drug-likeness (QED) is 0.471. The van der Waals surface area contributed by atoms with Crippen LogP contribution < -0.4 is 21.9 Å². The number of hydrogen-bond donors (Lipinski definition) is 4. The van der Waals surface area contributed by atoms with Crippen LogP contribution in [0.1, 0.15) is 11.1 Å². The lowest BCUT2D eigenvalue weighted by molar-refractivity contribution is -0.118. The number of rotatable bonds is 7. The van der Waals surface area contributed by atoms with Crippen molar-refractivity contribution in [3.05, 3.63) is 98.8 Å². The Morgan fingerprint density at radius 2 is 1.57 bits per heavy atom. The third-order valence-electron chi connectivity index (χ3n) is 4.18. The topological polar surface area (TPSA) is 133 Å². The molecule has 0 spiro atoms. The number of alkyl carbamates (subject to hydrolysis) is 1. The summed E-state index contributed by atoms with van der Waals surface area (Å²) < 4.78 is 5.19. The Morgan fingerprint density at radius 3 is 2.20 bits per heavy atom. The average molecular weight is 408 g/mol. The molecule has 3 aromatic rings. The Bertz CT molecular complexity index is 1110. The number of benzene rings is 2. The van der Waals surface area contributed by atoms with Crippen molar-refractivity contribution in [2.24, 2.45) is 0 Å². The molecule has 9 nitrogen and oxygen atoms in total. The van der Waals surface area contributed by atoms with Crippen molar-refractivity contribution in [1.29, 1.82) is 0 Å². The van der Waals surface area contributed by atoms with E-state index < -0.39 is 29.3 Å². The number of nitrogens with one attached hydrogen (secondary N) is 4. The highest BCUT2D eigenvalue weighted by Gasteiger charge is 2.23. The van der Waals surface area contributed by atoms with Gasteiger partial charge < -0.3 is 20.4 Å². The first-order valence-electron chi connectivity index (χ1n) is 9.15. The molecule has 9 heteroatoms. The molecule has 1 unspecified atom stereocenters. The van der Waals surface area contributed by atoms with Gasteiger partial charge in [0.2, 0.25) is 5.91 Å². The fourth-order valence-electron chi connectivity index (χ4n) is 2.69. The highest BCUT2D eigenvalue weighted by molar-refractivity contribution is 5.96. The number of ether oxygens (including phenoxy) is 1. The largest absolute Gasteiger partial charge is 0.445 e. The molecule has 0 bridgehead atoms. The zero-order chi connectivity index (χ0) is 21.3. The molecule has 30 heavy (non-hydrogen) atoms. The summed E-state index contributed by atoms with van der Waals surface area (Å²) >= 11 is 0. The summed E-state index contributed by atoms with van der Waals surface area (Å²) in [6.45, 7) is 0.0476. The maximum Gasteiger partial charge on any atom is 0.408 e. The lowest BCUT2D eigenvalue weighted by Gasteiger charge is -2.18. The Labute approximate surface area is 171 Å². The number of amides is 2. The van der Waals surface area contributed by atoms with E-state index in [2.05, 4.69) is 15.6 Å². The van der Waals surface area contributed by atoms with Gasteiger partial charge in [0.25, 0.3) is 5.56 Å². The molecular formula is C21H20N4O5. The van der Waals surface area contributed by atoms with Crippen LogP contribution in [0.25, 0.3) is 0 Å². The van der Waals surface area contributed by atoms with Crippen molar-refractivity contribution in [1.82, 2.24) is 15.3 Å². The molecule has 3 rings (SSSR count). The number of hydrogen-bond acceptors (Lipinski definition) is 5. The van der Waals surface area contributed by atoms with Crippen LogP contribution in [0, 0.1) is 0 Å². The number of aromatic nitrogens is 2. The number of H-pyrrole nitrogens is 2. The molecular weight excluding hydrogens is 388 g/mol. The van der Waals surface area contributed by atoms with Crippen LogP contribution in [-0.2, 0) is 22.6 Å². The first-order chi connectivity index (χ1) is 14.5. The minimum absolute atomic E-state index is 0.0476. The maximum atomic E-state index is 12.7. The highest BCUT2D eigenvalue weighted by atomic mass is 16.5. The van der Waals surface area contributed by atoms with Crippen LogP contribution in [0.4, 0.5) is 10.5 Å². The summed E-state index contributed by atoms with van der Waals surface area (Å²) in [4.78, 5) is 52.3. The Hall–Kier alpha value is -4.14. The summed E-state index contributed by atoms with van der Waals surface area (Å²) in [6, 6.07) is 17.2. The molecule has 4 N–H and O–H groups in total. The van der Waals surface area contributed by atoms with Crippen LogP contribution in [0.15, 0.2) is 76.4 Å². The summed E-state index contributed by atoms with van der Waals surface area (Å²) in [5, 5.41) is 4.94. The lowest BCUT2D eigenvalue weighted by atomic mass is 10.1. The fourth-order valence-corrected chi connectivity index (χ4v) is 2.69. The van der Waals surface area contributed by atoms with Gasteiger partial charge in [-0.3, -0.25) is 14.6 Å². The number of carbonyl (C=O) groups excluding carboxylic acids is 2. The Morgan fingerprint density at radius 1 is 0.933 bits per heavy atom. The molecule has 1 heterocycles. The number of carbonyl (C=O) groups is 2. The van der Waals surface area contributed by atoms with E-state index >= 15 is 0 Å². The van der Waals surface area contributed by atoms with Gasteiger partial charge in [-0.15, -0.1) is 0 Å². The van der Waals surface area contributed by atoms with E-state index in [1.165, 1.54) is 0 Å². The smallest absolute Gasteiger partial charge is 0.408 e. The second-order valence-corrected chi connectivity index (χ2v) is 6.42. The van der Waals surface area contributed by atoms with E-state index in [0.29, 0.717) is 0 Å². The number of aromatic amines is 2. The van der Waals surface area contributed by atoms with Gasteiger partial charge in [-0.2, -0.15) is 0 Å². The van der Waals surface area contributed by atoms with Gasteiger partial charge in [0, 0.05) is 12.6 Å². The third kappa shape index (κ3) is 5.93. The third-order valence-corrected chi connectivity index (χ3v) is 4.18. The SMILES string of the molecule is O=C(NC(Cc1ccccc1)C(=O)Nc1c[nH]c(=O)[nH]c1=O)OCc1ccccc1. The minimum Gasteiger partial charge on any atom is -0.445 e. The first-order valence-corrected chi connectivity index (χ1v) is 9.15. The molecule has 0 aliphatic rings. The van der Waals surface area contributed by atoms with E-state index in [-0.39, 0.29) is 18.7 Å². The van der Waals surface area contributed by atoms with Gasteiger partial charge in [-0.25, -0.2) is 9.59 Å². The van der Waals surface area contributed by atoms with E-state index in [0.717, 1.165) is 17.3 Å². The van der Waals surface area contributed by atoms with Gasteiger partial charge >= 0.3 is 11.8 Å². The molecule has 1 aromatic heterocycles. The normalized spacial score (nSPS) is 11.3. The van der Waals surface area contributed by atoms with Gasteiger partial charge in [-0.05, 0) is 11.1 Å². The van der Waals surface area contributed by atoms with Crippen LogP contribution in [0.3, 0.4) is 0 Å². The summed E-state index contributed by atoms with van der Waals surface area (Å²) in [7, 11) is 0. The van der Waals surface area contributed by atoms with Gasteiger partial charge in [-0.1, -0.05) is 60.7 Å². The van der Waals surface area contributed by atoms with Crippen LogP contribution in [0.5, 0.6) is 0 Å². The molecule has 0 radical (unpaired) electrons. The van der Waals surface area contributed by atoms with Gasteiger partial charge in [0.15, 0.2) is 0 Å². The zero-order valence-corrected chi connectivity index (χ0v) is 15.9. The Kier molecular flexibility index (Phi) is 6.78. The average Bonchev–Trinajstić information content (AvgIpc) is 2.75. The van der Waals surface area contributed by atoms with E-state index in [1.807, 2.05) is 65.6 Å². The van der Waals surface area contributed by atoms with E-state index in [4.69, 9.17) is 4.74 Å². The molecule has 154 valence electrons. The van der Waals surface area contributed by atoms with Crippen molar-refractivity contribution in [3.63, 3.8) is 0 Å². The molecule has 0 fully saturated rings. The van der Waals surface area contributed by atoms with Crippen molar-refractivity contribution in [3.8, 4) is 0 Å². The summed E-state index contributed by atoms with van der Waals surface area (Å²) in [5.74, 6) is -0.631. The molecule has 0 aliphatic heterocycles. The first kappa shape index (κ1) is 20.6. The molecule has 0 aliphatic carbocycles. The van der Waals surface area contributed by atoms with Crippen molar-refractivity contribution >= 4 is 17.7 Å².